The van der Waals surface area contributed by atoms with E-state index in [0.29, 0.717) is 57.0 Å². The number of thiazole rings is 1. The second kappa shape index (κ2) is 21.5. The molecule has 17 nitrogen and oxygen atoms in total. The lowest BCUT2D eigenvalue weighted by molar-refractivity contribution is -0.155. The lowest BCUT2D eigenvalue weighted by Gasteiger charge is -2.45. The van der Waals surface area contributed by atoms with Gasteiger partial charge in [0.15, 0.2) is 0 Å². The van der Waals surface area contributed by atoms with E-state index in [4.69, 9.17) is 19.4 Å². The lowest BCUT2D eigenvalue weighted by Crippen LogP contribution is -2.65. The van der Waals surface area contributed by atoms with Gasteiger partial charge in [-0.15, -0.1) is 11.3 Å². The minimum absolute atomic E-state index is 0.0688. The molecule has 18 heteroatoms. The minimum Gasteiger partial charge on any atom is -0.464 e. The molecule has 0 saturated carbocycles. The van der Waals surface area contributed by atoms with E-state index in [2.05, 4.69) is 60.3 Å². The third kappa shape index (κ3) is 11.2. The first-order chi connectivity index (χ1) is 32.8. The number of nitrogens with one attached hydrogen (secondary N) is 2. The van der Waals surface area contributed by atoms with Crippen LogP contribution < -0.4 is 10.7 Å². The van der Waals surface area contributed by atoms with Crippen molar-refractivity contribution < 1.29 is 33.4 Å². The standard InChI is InChI=1S/C51H70N10O7S/c1-12-60-41-20-19-33-24-36(41)37(46(60)35-16-13-21-52-44(35)32(4)67-11)26-51(5,6)30-68-49(65)38-17-14-23-61(55-38)48(64)39(25-42-53-40(33)29-69-42)54-47(63)45(31(2)3)58(10)50(66)57(9)34-27-59(28-34)43(62)18-15-22-56(7)8/h13,15-16,18-21,24,29,31-32,34,38-39,45,55H,12,14,17,22-23,25-28,30H2,1-11H3,(H,54,63)/b18-15+/t32-,38-,39-,45-/m0/s1. The molecule has 4 aromatic rings. The minimum atomic E-state index is -1.09. The maximum Gasteiger partial charge on any atom is 0.324 e. The van der Waals surface area contributed by atoms with Crippen molar-refractivity contribution in [1.82, 2.24) is 49.9 Å². The fraction of sp³-hybridized carbons (Fsp3) is 0.549. The number of carbonyl (C=O) groups excluding carboxylic acids is 5. The van der Waals surface area contributed by atoms with Gasteiger partial charge in [-0.1, -0.05) is 39.8 Å². The van der Waals surface area contributed by atoms with Crippen LogP contribution in [0.3, 0.4) is 0 Å². The van der Waals surface area contributed by atoms with Crippen LogP contribution in [0.5, 0.6) is 0 Å². The highest BCUT2D eigenvalue weighted by molar-refractivity contribution is 7.10. The van der Waals surface area contributed by atoms with Crippen LogP contribution in [0.1, 0.15) is 76.8 Å². The number of aromatic nitrogens is 3. The van der Waals surface area contributed by atoms with Gasteiger partial charge in [0.05, 0.1) is 40.8 Å². The number of pyridine rings is 1. The number of esters is 1. The van der Waals surface area contributed by atoms with Gasteiger partial charge < -0.3 is 39.0 Å². The zero-order valence-corrected chi connectivity index (χ0v) is 42.9. The predicted molar refractivity (Wildman–Crippen MR) is 267 cm³/mol. The van der Waals surface area contributed by atoms with E-state index in [0.717, 1.165) is 44.7 Å². The fourth-order valence-corrected chi connectivity index (χ4v) is 10.5. The average molecular weight is 967 g/mol. The SMILES string of the molecule is CCn1c(-c2cccnc2[C@H](C)OC)c2c3cc(ccc31)-c1csc(n1)C[C@H](NC(=O)[C@H](C(C)C)N(C)C(=O)N(C)C1CN(C(=O)/C=C/CN(C)C)C1)C(=O)N1CCC[C@H](N1)C(=O)OCC(C)(C)C2. The summed E-state index contributed by atoms with van der Waals surface area (Å²) in [5.74, 6) is -1.83. The molecule has 2 N–H and O–H groups in total. The Morgan fingerprint density at radius 3 is 2.55 bits per heavy atom. The number of methoxy groups -OCH3 is 1. The van der Waals surface area contributed by atoms with Gasteiger partial charge in [-0.25, -0.2) is 15.2 Å². The topological polar surface area (TPSA) is 175 Å². The molecule has 4 atom stereocenters. The lowest BCUT2D eigenvalue weighted by atomic mass is 9.84. The number of benzene rings is 1. The van der Waals surface area contributed by atoms with Crippen molar-refractivity contribution in [3.05, 3.63) is 70.3 Å². The van der Waals surface area contributed by atoms with Crippen molar-refractivity contribution in [2.45, 2.75) is 104 Å². The van der Waals surface area contributed by atoms with E-state index in [1.165, 1.54) is 21.2 Å². The van der Waals surface area contributed by atoms with Crippen LogP contribution in [0.25, 0.3) is 33.4 Å². The molecule has 3 aliphatic rings. The molecule has 6 heterocycles. The van der Waals surface area contributed by atoms with Gasteiger partial charge in [-0.3, -0.25) is 29.2 Å². The summed E-state index contributed by atoms with van der Waals surface area (Å²) in [6.07, 6.45) is 6.53. The second-order valence-corrected chi connectivity index (χ2v) is 21.0. The van der Waals surface area contributed by atoms with Crippen molar-refractivity contribution in [3.8, 4) is 22.5 Å². The number of nitrogens with zero attached hydrogens (tertiary/aromatic N) is 8. The number of hydrazine groups is 1. The molecule has 2 fully saturated rings. The summed E-state index contributed by atoms with van der Waals surface area (Å²) in [5.41, 5.74) is 9.25. The van der Waals surface area contributed by atoms with E-state index in [1.54, 1.807) is 43.3 Å². The Kier molecular flexibility index (Phi) is 16.0. The molecule has 69 heavy (non-hydrogen) atoms. The van der Waals surface area contributed by atoms with Crippen LogP contribution in [0, 0.1) is 11.3 Å². The maximum absolute atomic E-state index is 14.7. The van der Waals surface area contributed by atoms with Crippen LogP contribution >= 0.6 is 11.3 Å². The molecule has 1 aromatic carbocycles. The van der Waals surface area contributed by atoms with Gasteiger partial charge in [-0.2, -0.15) is 0 Å². The molecule has 0 radical (unpaired) electrons. The number of hydrogen-bond donors (Lipinski definition) is 2. The normalized spacial score (nSPS) is 19.9. The quantitative estimate of drug-likeness (QED) is 0.135. The highest BCUT2D eigenvalue weighted by Crippen LogP contribution is 2.42. The molecule has 2 saturated heterocycles. The number of carbonyl (C=O) groups is 5. The summed E-state index contributed by atoms with van der Waals surface area (Å²) in [6, 6.07) is 6.98. The average Bonchev–Trinajstić information content (AvgIpc) is 3.90. The number of amides is 5. The first-order valence-corrected chi connectivity index (χ1v) is 24.9. The summed E-state index contributed by atoms with van der Waals surface area (Å²) >= 11 is 1.41. The Hall–Kier alpha value is -5.69. The van der Waals surface area contributed by atoms with Gasteiger partial charge in [-0.05, 0) is 83.0 Å². The molecule has 0 unspecified atom stereocenters. The van der Waals surface area contributed by atoms with Crippen molar-refractivity contribution >= 4 is 52.0 Å². The van der Waals surface area contributed by atoms with Crippen LogP contribution in [0.15, 0.2) is 54.1 Å². The first-order valence-electron chi connectivity index (χ1n) is 24.0. The molecule has 0 spiro atoms. The predicted octanol–water partition coefficient (Wildman–Crippen LogP) is 5.54. The monoisotopic (exact) mass is 967 g/mol. The fourth-order valence-electron chi connectivity index (χ4n) is 9.62. The molecule has 0 aliphatic carbocycles. The Morgan fingerprint density at radius 1 is 1.10 bits per heavy atom. The van der Waals surface area contributed by atoms with E-state index in [-0.39, 0.29) is 43.0 Å². The van der Waals surface area contributed by atoms with Crippen molar-refractivity contribution in [2.75, 3.05) is 68.1 Å². The number of cyclic esters (lactones) is 1. The van der Waals surface area contributed by atoms with Crippen molar-refractivity contribution in [1.29, 1.82) is 0 Å². The number of aryl methyl sites for hydroxylation is 1. The Balaban J connectivity index is 1.20. The molecule has 6 bridgehead atoms. The first kappa shape index (κ1) is 51.2. The van der Waals surface area contributed by atoms with Crippen LogP contribution in [-0.4, -0.2) is 161 Å². The van der Waals surface area contributed by atoms with Crippen LogP contribution in [0.4, 0.5) is 4.79 Å². The Morgan fingerprint density at radius 2 is 1.86 bits per heavy atom. The van der Waals surface area contributed by atoms with Crippen LogP contribution in [-0.2, 0) is 48.0 Å². The molecule has 7 rings (SSSR count). The molecular formula is C51H70N10O7S. The number of urea groups is 1. The summed E-state index contributed by atoms with van der Waals surface area (Å²) < 4.78 is 14.2. The molecular weight excluding hydrogens is 897 g/mol. The number of hydrogen-bond acceptors (Lipinski definition) is 12. The highest BCUT2D eigenvalue weighted by Gasteiger charge is 2.41. The third-order valence-corrected chi connectivity index (χ3v) is 14.4. The molecule has 5 amide bonds. The molecule has 3 aliphatic heterocycles. The van der Waals surface area contributed by atoms with Crippen molar-refractivity contribution in [2.24, 2.45) is 11.3 Å². The maximum atomic E-state index is 14.7. The van der Waals surface area contributed by atoms with Gasteiger partial charge in [0, 0.05) is 105 Å². The van der Waals surface area contributed by atoms with Gasteiger partial charge in [0.25, 0.3) is 5.91 Å². The van der Waals surface area contributed by atoms with E-state index in [1.807, 2.05) is 57.3 Å². The molecule has 372 valence electrons. The summed E-state index contributed by atoms with van der Waals surface area (Å²) in [7, 11) is 8.81. The number of likely N-dealkylation sites (tertiary alicyclic amines) is 1. The Labute approximate surface area is 410 Å². The molecule has 3 aromatic heterocycles. The zero-order chi connectivity index (χ0) is 49.9. The van der Waals surface area contributed by atoms with Gasteiger partial charge in [0.1, 0.15) is 18.1 Å². The number of likely N-dealkylation sites (N-methyl/N-ethyl adjacent to an activating group) is 3. The van der Waals surface area contributed by atoms with Crippen LogP contribution in [0.2, 0.25) is 0 Å². The Bertz CT molecular complexity index is 2560. The number of rotatable bonds is 12. The van der Waals surface area contributed by atoms with Gasteiger partial charge in [0.2, 0.25) is 11.8 Å². The summed E-state index contributed by atoms with van der Waals surface area (Å²) in [4.78, 5) is 86.4. The number of ether oxygens (including phenoxy) is 2. The highest BCUT2D eigenvalue weighted by atomic mass is 32.1. The zero-order valence-electron chi connectivity index (χ0n) is 42.1. The third-order valence-electron chi connectivity index (χ3n) is 13.5. The van der Waals surface area contributed by atoms with E-state index in [9.17, 15) is 24.0 Å². The summed E-state index contributed by atoms with van der Waals surface area (Å²) in [6.45, 7) is 14.6. The smallest absolute Gasteiger partial charge is 0.324 e. The van der Waals surface area contributed by atoms with Crippen molar-refractivity contribution in [3.63, 3.8) is 0 Å². The van der Waals surface area contributed by atoms with E-state index >= 15 is 0 Å². The van der Waals surface area contributed by atoms with E-state index < -0.39 is 41.3 Å². The number of fused-ring (bicyclic) bond motifs is 6. The second-order valence-electron chi connectivity index (χ2n) is 20.0. The van der Waals surface area contributed by atoms with Gasteiger partial charge >= 0.3 is 12.0 Å². The largest absolute Gasteiger partial charge is 0.464 e. The summed E-state index contributed by atoms with van der Waals surface area (Å²) in [5, 5.41) is 8.10.